The highest BCUT2D eigenvalue weighted by molar-refractivity contribution is 6.32. The standard InChI is InChI=1S/C15H22ClNO/c1-15(2)8-6-11(7-9-15)17-12-4-5-13(16)14(10-12)18-3/h4-5,10-11,17H,6-9H2,1-3H3. The van der Waals surface area contributed by atoms with Gasteiger partial charge in [-0.15, -0.1) is 0 Å². The van der Waals surface area contributed by atoms with Crippen LogP contribution in [0.4, 0.5) is 5.69 Å². The fourth-order valence-corrected chi connectivity index (χ4v) is 2.72. The number of hydrogen-bond donors (Lipinski definition) is 1. The first-order valence-corrected chi connectivity index (χ1v) is 6.98. The quantitative estimate of drug-likeness (QED) is 0.855. The summed E-state index contributed by atoms with van der Waals surface area (Å²) in [4.78, 5) is 0. The molecule has 1 aliphatic rings. The molecule has 0 amide bonds. The molecule has 3 heteroatoms. The van der Waals surface area contributed by atoms with Crippen LogP contribution in [-0.2, 0) is 0 Å². The van der Waals surface area contributed by atoms with Crippen LogP contribution in [0.5, 0.6) is 5.75 Å². The summed E-state index contributed by atoms with van der Waals surface area (Å²) in [6.45, 7) is 4.71. The Kier molecular flexibility index (Phi) is 4.06. The third-order valence-electron chi connectivity index (χ3n) is 3.86. The number of benzene rings is 1. The van der Waals surface area contributed by atoms with E-state index in [1.54, 1.807) is 7.11 Å². The first-order chi connectivity index (χ1) is 8.50. The Labute approximate surface area is 115 Å². The van der Waals surface area contributed by atoms with E-state index in [4.69, 9.17) is 16.3 Å². The van der Waals surface area contributed by atoms with Gasteiger partial charge in [0.25, 0.3) is 0 Å². The van der Waals surface area contributed by atoms with Gasteiger partial charge in [0.15, 0.2) is 0 Å². The van der Waals surface area contributed by atoms with E-state index in [9.17, 15) is 0 Å². The molecule has 0 aromatic heterocycles. The van der Waals surface area contributed by atoms with Gasteiger partial charge in [0.05, 0.1) is 12.1 Å². The number of rotatable bonds is 3. The van der Waals surface area contributed by atoms with Gasteiger partial charge >= 0.3 is 0 Å². The molecule has 1 fully saturated rings. The van der Waals surface area contributed by atoms with E-state index >= 15 is 0 Å². The molecule has 0 saturated heterocycles. The zero-order valence-electron chi connectivity index (χ0n) is 11.4. The lowest BCUT2D eigenvalue weighted by Gasteiger charge is -2.35. The molecule has 1 aromatic rings. The van der Waals surface area contributed by atoms with Gasteiger partial charge in [-0.05, 0) is 43.2 Å². The summed E-state index contributed by atoms with van der Waals surface area (Å²) in [6.07, 6.45) is 5.04. The molecule has 1 aliphatic carbocycles. The number of anilines is 1. The van der Waals surface area contributed by atoms with Gasteiger partial charge in [0.2, 0.25) is 0 Å². The largest absolute Gasteiger partial charge is 0.495 e. The number of hydrogen-bond acceptors (Lipinski definition) is 2. The lowest BCUT2D eigenvalue weighted by Crippen LogP contribution is -2.29. The van der Waals surface area contributed by atoms with Crippen LogP contribution in [-0.4, -0.2) is 13.2 Å². The highest BCUT2D eigenvalue weighted by Gasteiger charge is 2.26. The second kappa shape index (κ2) is 5.40. The predicted molar refractivity (Wildman–Crippen MR) is 77.7 cm³/mol. The molecule has 2 nitrogen and oxygen atoms in total. The molecule has 0 unspecified atom stereocenters. The van der Waals surface area contributed by atoms with Crippen LogP contribution in [0.15, 0.2) is 18.2 Å². The number of methoxy groups -OCH3 is 1. The van der Waals surface area contributed by atoms with Crippen LogP contribution in [0, 0.1) is 5.41 Å². The summed E-state index contributed by atoms with van der Waals surface area (Å²) in [5, 5.41) is 4.24. The van der Waals surface area contributed by atoms with Crippen molar-refractivity contribution in [1.82, 2.24) is 0 Å². The summed E-state index contributed by atoms with van der Waals surface area (Å²) in [5.41, 5.74) is 1.61. The monoisotopic (exact) mass is 267 g/mol. The maximum atomic E-state index is 6.02. The summed E-state index contributed by atoms with van der Waals surface area (Å²) < 4.78 is 5.24. The smallest absolute Gasteiger partial charge is 0.139 e. The Hall–Kier alpha value is -0.890. The molecule has 0 atom stereocenters. The van der Waals surface area contributed by atoms with E-state index in [1.807, 2.05) is 18.2 Å². The molecule has 0 heterocycles. The summed E-state index contributed by atoms with van der Waals surface area (Å²) in [6, 6.07) is 6.45. The average Bonchev–Trinajstić information content (AvgIpc) is 2.34. The van der Waals surface area contributed by atoms with E-state index in [0.717, 1.165) is 11.4 Å². The van der Waals surface area contributed by atoms with Gasteiger partial charge in [-0.25, -0.2) is 0 Å². The van der Waals surface area contributed by atoms with Crippen LogP contribution in [0.2, 0.25) is 5.02 Å². The van der Waals surface area contributed by atoms with Gasteiger partial charge in [-0.1, -0.05) is 25.4 Å². The van der Waals surface area contributed by atoms with Crippen LogP contribution in [0.25, 0.3) is 0 Å². The molecule has 100 valence electrons. The molecule has 0 bridgehead atoms. The van der Waals surface area contributed by atoms with Gasteiger partial charge in [-0.2, -0.15) is 0 Å². The Morgan fingerprint density at radius 1 is 1.28 bits per heavy atom. The minimum absolute atomic E-state index is 0.510. The average molecular weight is 268 g/mol. The van der Waals surface area contributed by atoms with Crippen LogP contribution in [0.1, 0.15) is 39.5 Å². The maximum absolute atomic E-state index is 6.02. The normalized spacial score (nSPS) is 19.6. The molecule has 1 saturated carbocycles. The highest BCUT2D eigenvalue weighted by atomic mass is 35.5. The van der Waals surface area contributed by atoms with Crippen molar-refractivity contribution in [2.24, 2.45) is 5.41 Å². The van der Waals surface area contributed by atoms with E-state index in [-0.39, 0.29) is 0 Å². The summed E-state index contributed by atoms with van der Waals surface area (Å²) in [5.74, 6) is 0.734. The first kappa shape index (κ1) is 13.5. The first-order valence-electron chi connectivity index (χ1n) is 6.60. The number of nitrogens with one attached hydrogen (secondary N) is 1. The molecular weight excluding hydrogens is 246 g/mol. The Morgan fingerprint density at radius 2 is 1.94 bits per heavy atom. The second-order valence-electron chi connectivity index (χ2n) is 5.93. The van der Waals surface area contributed by atoms with Crippen LogP contribution < -0.4 is 10.1 Å². The van der Waals surface area contributed by atoms with Gasteiger partial charge in [0.1, 0.15) is 5.75 Å². The van der Waals surface area contributed by atoms with Crippen molar-refractivity contribution in [2.45, 2.75) is 45.6 Å². The zero-order chi connectivity index (χ0) is 13.2. The molecular formula is C15H22ClNO. The lowest BCUT2D eigenvalue weighted by molar-refractivity contribution is 0.232. The topological polar surface area (TPSA) is 21.3 Å². The Morgan fingerprint density at radius 3 is 2.56 bits per heavy atom. The van der Waals surface area contributed by atoms with Crippen molar-refractivity contribution in [3.63, 3.8) is 0 Å². The molecule has 1 aromatic carbocycles. The van der Waals surface area contributed by atoms with Crippen molar-refractivity contribution < 1.29 is 4.74 Å². The van der Waals surface area contributed by atoms with Crippen LogP contribution >= 0.6 is 11.6 Å². The predicted octanol–water partition coefficient (Wildman–Crippen LogP) is 4.73. The molecule has 0 spiro atoms. The van der Waals surface area contributed by atoms with Gasteiger partial charge in [-0.3, -0.25) is 0 Å². The molecule has 18 heavy (non-hydrogen) atoms. The summed E-state index contributed by atoms with van der Waals surface area (Å²) in [7, 11) is 1.65. The molecule has 0 radical (unpaired) electrons. The molecule has 0 aliphatic heterocycles. The van der Waals surface area contributed by atoms with Gasteiger partial charge in [0, 0.05) is 17.8 Å². The van der Waals surface area contributed by atoms with Crippen LogP contribution in [0.3, 0.4) is 0 Å². The minimum Gasteiger partial charge on any atom is -0.495 e. The van der Waals surface area contributed by atoms with Crippen molar-refractivity contribution in [1.29, 1.82) is 0 Å². The van der Waals surface area contributed by atoms with Gasteiger partial charge < -0.3 is 10.1 Å². The fraction of sp³-hybridized carbons (Fsp3) is 0.600. The lowest BCUT2D eigenvalue weighted by atomic mass is 9.75. The van der Waals surface area contributed by atoms with Crippen molar-refractivity contribution in [3.05, 3.63) is 23.2 Å². The Bertz CT molecular complexity index is 407. The second-order valence-corrected chi connectivity index (χ2v) is 6.34. The molecule has 1 N–H and O–H groups in total. The van der Waals surface area contributed by atoms with Crippen molar-refractivity contribution in [3.8, 4) is 5.75 Å². The highest BCUT2D eigenvalue weighted by Crippen LogP contribution is 2.36. The SMILES string of the molecule is COc1cc(NC2CCC(C)(C)CC2)ccc1Cl. The summed E-state index contributed by atoms with van der Waals surface area (Å²) >= 11 is 6.02. The van der Waals surface area contributed by atoms with E-state index in [1.165, 1.54) is 25.7 Å². The Balaban J connectivity index is 1.98. The maximum Gasteiger partial charge on any atom is 0.139 e. The third-order valence-corrected chi connectivity index (χ3v) is 4.17. The zero-order valence-corrected chi connectivity index (χ0v) is 12.2. The molecule has 2 rings (SSSR count). The third kappa shape index (κ3) is 3.32. The number of ether oxygens (including phenoxy) is 1. The van der Waals surface area contributed by atoms with Crippen molar-refractivity contribution >= 4 is 17.3 Å². The minimum atomic E-state index is 0.510. The van der Waals surface area contributed by atoms with E-state index < -0.39 is 0 Å². The fourth-order valence-electron chi connectivity index (χ4n) is 2.53. The van der Waals surface area contributed by atoms with E-state index in [2.05, 4.69) is 19.2 Å². The number of halogens is 1. The van der Waals surface area contributed by atoms with E-state index in [0.29, 0.717) is 16.5 Å². The van der Waals surface area contributed by atoms with Crippen molar-refractivity contribution in [2.75, 3.05) is 12.4 Å².